The highest BCUT2D eigenvalue weighted by molar-refractivity contribution is 5.85. The van der Waals surface area contributed by atoms with Crippen LogP contribution in [0.5, 0.6) is 11.5 Å². The third-order valence-electron chi connectivity index (χ3n) is 5.20. The Balaban J connectivity index is 1.39. The number of nitrogens with zero attached hydrogens (tertiary/aromatic N) is 2. The summed E-state index contributed by atoms with van der Waals surface area (Å²) in [6.07, 6.45) is 0. The minimum absolute atomic E-state index is 0.0155. The molecule has 0 atom stereocenters. The van der Waals surface area contributed by atoms with E-state index in [9.17, 15) is 9.59 Å². The van der Waals surface area contributed by atoms with Gasteiger partial charge < -0.3 is 24.2 Å². The van der Waals surface area contributed by atoms with E-state index >= 15 is 0 Å². The standard InChI is InChI=1S/C23H29N3O4/c1-24-12-14-26(15-13-24)22(27)16-25(2)23(28)18-30-21-10-8-20(9-11-21)29-17-19-6-4-3-5-7-19/h3-11H,12-18H2,1-2H3/p+1. The van der Waals surface area contributed by atoms with Gasteiger partial charge in [0.2, 0.25) is 5.91 Å². The van der Waals surface area contributed by atoms with Crippen LogP contribution in [0, 0.1) is 0 Å². The maximum atomic E-state index is 12.4. The molecule has 7 heteroatoms. The predicted octanol–water partition coefficient (Wildman–Crippen LogP) is 0.460. The number of carbonyl (C=O) groups is 2. The average Bonchev–Trinajstić information content (AvgIpc) is 2.77. The van der Waals surface area contributed by atoms with Crippen molar-refractivity contribution in [3.05, 3.63) is 60.2 Å². The molecular formula is C23H30N3O4+. The lowest BCUT2D eigenvalue weighted by molar-refractivity contribution is -0.883. The van der Waals surface area contributed by atoms with Gasteiger partial charge in [-0.1, -0.05) is 30.3 Å². The fourth-order valence-corrected chi connectivity index (χ4v) is 3.16. The summed E-state index contributed by atoms with van der Waals surface area (Å²) in [5.74, 6) is 1.07. The minimum atomic E-state index is -0.229. The zero-order valence-electron chi connectivity index (χ0n) is 17.7. The summed E-state index contributed by atoms with van der Waals surface area (Å²) < 4.78 is 11.3. The molecule has 0 saturated carbocycles. The largest absolute Gasteiger partial charge is 0.489 e. The van der Waals surface area contributed by atoms with Crippen LogP contribution in [0.2, 0.25) is 0 Å². The molecule has 1 aliphatic rings. The van der Waals surface area contributed by atoms with Crippen LogP contribution in [0.15, 0.2) is 54.6 Å². The smallest absolute Gasteiger partial charge is 0.260 e. The number of rotatable bonds is 8. The zero-order chi connectivity index (χ0) is 21.3. The molecule has 3 rings (SSSR count). The molecule has 0 bridgehead atoms. The van der Waals surface area contributed by atoms with Gasteiger partial charge in [0, 0.05) is 7.05 Å². The van der Waals surface area contributed by atoms with Gasteiger partial charge in [-0.15, -0.1) is 0 Å². The van der Waals surface area contributed by atoms with Crippen LogP contribution in [0.25, 0.3) is 0 Å². The Bertz CT molecular complexity index is 818. The number of piperazine rings is 1. The fraction of sp³-hybridized carbons (Fsp3) is 0.391. The summed E-state index contributed by atoms with van der Waals surface area (Å²) in [4.78, 5) is 29.3. The van der Waals surface area contributed by atoms with Crippen LogP contribution in [-0.2, 0) is 16.2 Å². The van der Waals surface area contributed by atoms with Crippen LogP contribution < -0.4 is 14.4 Å². The van der Waals surface area contributed by atoms with Gasteiger partial charge in [0.05, 0.1) is 39.8 Å². The monoisotopic (exact) mass is 412 g/mol. The van der Waals surface area contributed by atoms with Crippen molar-refractivity contribution in [2.24, 2.45) is 0 Å². The first-order valence-corrected chi connectivity index (χ1v) is 10.2. The lowest BCUT2D eigenvalue weighted by atomic mass is 10.2. The molecule has 1 heterocycles. The van der Waals surface area contributed by atoms with Gasteiger partial charge >= 0.3 is 0 Å². The third-order valence-corrected chi connectivity index (χ3v) is 5.20. The van der Waals surface area contributed by atoms with E-state index in [1.165, 1.54) is 9.80 Å². The summed E-state index contributed by atoms with van der Waals surface area (Å²) in [6.45, 7) is 3.82. The first-order chi connectivity index (χ1) is 14.5. The number of ether oxygens (including phenoxy) is 2. The molecule has 1 aliphatic heterocycles. The molecule has 1 saturated heterocycles. The highest BCUT2D eigenvalue weighted by Crippen LogP contribution is 2.18. The second-order valence-electron chi connectivity index (χ2n) is 7.62. The lowest BCUT2D eigenvalue weighted by Crippen LogP contribution is -3.12. The van der Waals surface area contributed by atoms with Crippen LogP contribution >= 0.6 is 0 Å². The molecule has 2 aromatic rings. The Kier molecular flexibility index (Phi) is 7.68. The molecule has 1 fully saturated rings. The third kappa shape index (κ3) is 6.49. The second kappa shape index (κ2) is 10.6. The van der Waals surface area contributed by atoms with Crippen molar-refractivity contribution in [3.63, 3.8) is 0 Å². The maximum absolute atomic E-state index is 12.4. The van der Waals surface area contributed by atoms with Gasteiger partial charge in [0.25, 0.3) is 5.91 Å². The Labute approximate surface area is 177 Å². The van der Waals surface area contributed by atoms with Gasteiger partial charge in [-0.2, -0.15) is 0 Å². The molecule has 30 heavy (non-hydrogen) atoms. The van der Waals surface area contributed by atoms with Gasteiger partial charge in [0.15, 0.2) is 6.61 Å². The van der Waals surface area contributed by atoms with Crippen molar-refractivity contribution in [1.29, 1.82) is 0 Å². The quantitative estimate of drug-likeness (QED) is 0.684. The minimum Gasteiger partial charge on any atom is -0.489 e. The Hall–Kier alpha value is -3.06. The van der Waals surface area contributed by atoms with E-state index in [1.807, 2.05) is 47.4 Å². The van der Waals surface area contributed by atoms with Crippen LogP contribution in [0.3, 0.4) is 0 Å². The molecular weight excluding hydrogens is 382 g/mol. The predicted molar refractivity (Wildman–Crippen MR) is 114 cm³/mol. The normalized spacial score (nSPS) is 14.3. The average molecular weight is 413 g/mol. The number of hydrogen-bond acceptors (Lipinski definition) is 4. The van der Waals surface area contributed by atoms with E-state index in [2.05, 4.69) is 7.05 Å². The lowest BCUT2D eigenvalue weighted by Gasteiger charge is -2.31. The maximum Gasteiger partial charge on any atom is 0.260 e. The number of carbonyl (C=O) groups excluding carboxylic acids is 2. The van der Waals surface area contributed by atoms with Crippen LogP contribution in [0.4, 0.5) is 0 Å². The number of amides is 2. The molecule has 0 aliphatic carbocycles. The number of likely N-dealkylation sites (N-methyl/N-ethyl adjacent to an activating group) is 2. The Morgan fingerprint density at radius 1 is 0.967 bits per heavy atom. The highest BCUT2D eigenvalue weighted by atomic mass is 16.5. The van der Waals surface area contributed by atoms with Crippen molar-refractivity contribution in [2.75, 3.05) is 53.4 Å². The van der Waals surface area contributed by atoms with Gasteiger partial charge in [-0.25, -0.2) is 0 Å². The topological polar surface area (TPSA) is 63.5 Å². The number of benzene rings is 2. The van der Waals surface area contributed by atoms with E-state index in [4.69, 9.17) is 9.47 Å². The SMILES string of the molecule is CN(CC(=O)N1CC[NH+](C)CC1)C(=O)COc1ccc(OCc2ccccc2)cc1. The second-order valence-corrected chi connectivity index (χ2v) is 7.62. The van der Waals surface area contributed by atoms with Crippen LogP contribution in [0.1, 0.15) is 5.56 Å². The Morgan fingerprint density at radius 3 is 2.20 bits per heavy atom. The first-order valence-electron chi connectivity index (χ1n) is 10.2. The number of hydrogen-bond donors (Lipinski definition) is 1. The summed E-state index contributed by atoms with van der Waals surface area (Å²) in [7, 11) is 3.75. The highest BCUT2D eigenvalue weighted by Gasteiger charge is 2.23. The number of nitrogens with one attached hydrogen (secondary N) is 1. The molecule has 2 aromatic carbocycles. The fourth-order valence-electron chi connectivity index (χ4n) is 3.16. The Morgan fingerprint density at radius 2 is 1.57 bits per heavy atom. The summed E-state index contributed by atoms with van der Waals surface area (Å²) in [5, 5.41) is 0. The van der Waals surface area contributed by atoms with Crippen molar-refractivity contribution in [1.82, 2.24) is 9.80 Å². The summed E-state index contributed by atoms with van der Waals surface area (Å²) >= 11 is 0. The van der Waals surface area contributed by atoms with E-state index in [0.29, 0.717) is 12.4 Å². The van der Waals surface area contributed by atoms with E-state index < -0.39 is 0 Å². The van der Waals surface area contributed by atoms with Gasteiger partial charge in [-0.3, -0.25) is 9.59 Å². The number of quaternary nitrogens is 1. The van der Waals surface area contributed by atoms with Gasteiger partial charge in [0.1, 0.15) is 18.1 Å². The molecule has 160 valence electrons. The van der Waals surface area contributed by atoms with E-state index in [1.54, 1.807) is 19.2 Å². The molecule has 2 amide bonds. The van der Waals surface area contributed by atoms with Crippen molar-refractivity contribution < 1.29 is 24.0 Å². The van der Waals surface area contributed by atoms with Gasteiger partial charge in [-0.05, 0) is 29.8 Å². The molecule has 0 spiro atoms. The van der Waals surface area contributed by atoms with Crippen molar-refractivity contribution in [2.45, 2.75) is 6.61 Å². The molecule has 0 radical (unpaired) electrons. The molecule has 0 aromatic heterocycles. The summed E-state index contributed by atoms with van der Waals surface area (Å²) in [6, 6.07) is 17.1. The first kappa shape index (κ1) is 21.6. The van der Waals surface area contributed by atoms with Crippen molar-refractivity contribution >= 4 is 11.8 Å². The molecule has 7 nitrogen and oxygen atoms in total. The molecule has 1 N–H and O–H groups in total. The van der Waals surface area contributed by atoms with E-state index in [0.717, 1.165) is 37.5 Å². The zero-order valence-corrected chi connectivity index (χ0v) is 17.7. The summed E-state index contributed by atoms with van der Waals surface area (Å²) in [5.41, 5.74) is 1.10. The van der Waals surface area contributed by atoms with Crippen molar-refractivity contribution in [3.8, 4) is 11.5 Å². The molecule has 0 unspecified atom stereocenters. The van der Waals surface area contributed by atoms with E-state index in [-0.39, 0.29) is 25.0 Å². The van der Waals surface area contributed by atoms with Crippen LogP contribution in [-0.4, -0.2) is 75.0 Å².